The number of nitrogens with zero attached hydrogens (tertiary/aromatic N) is 3. The number of carboxylic acids is 1. The van der Waals surface area contributed by atoms with Crippen LogP contribution in [0.2, 0.25) is 0 Å². The molecule has 30 heavy (non-hydrogen) atoms. The van der Waals surface area contributed by atoms with Crippen LogP contribution in [0.3, 0.4) is 0 Å². The van der Waals surface area contributed by atoms with Crippen molar-refractivity contribution in [2.75, 3.05) is 10.3 Å². The van der Waals surface area contributed by atoms with Gasteiger partial charge in [0.1, 0.15) is 23.0 Å². The number of carboxylic acid groups (broad SMARTS) is 1. The zero-order chi connectivity index (χ0) is 21.7. The molecule has 1 saturated carbocycles. The topological polar surface area (TPSA) is 77.8 Å². The number of halogens is 3. The highest BCUT2D eigenvalue weighted by molar-refractivity contribution is 5.97. The van der Waals surface area contributed by atoms with Crippen LogP contribution in [0.1, 0.15) is 40.7 Å². The second-order valence-electron chi connectivity index (χ2n) is 7.83. The van der Waals surface area contributed by atoms with E-state index >= 15 is 0 Å². The summed E-state index contributed by atoms with van der Waals surface area (Å²) >= 11 is 0. The van der Waals surface area contributed by atoms with Crippen LogP contribution >= 0.6 is 0 Å². The first-order valence-electron chi connectivity index (χ1n) is 9.58. The van der Waals surface area contributed by atoms with E-state index in [1.54, 1.807) is 0 Å². The molecule has 0 spiro atoms. The molecular formula is C21H21F3N4O2. The highest BCUT2D eigenvalue weighted by Crippen LogP contribution is 2.60. The predicted molar refractivity (Wildman–Crippen MR) is 107 cm³/mol. The van der Waals surface area contributed by atoms with Gasteiger partial charge in [-0.2, -0.15) is 18.3 Å². The van der Waals surface area contributed by atoms with Gasteiger partial charge in [0.15, 0.2) is 0 Å². The third kappa shape index (κ3) is 3.38. The molecular weight excluding hydrogens is 397 g/mol. The van der Waals surface area contributed by atoms with Gasteiger partial charge in [-0.05, 0) is 56.0 Å². The van der Waals surface area contributed by atoms with Crippen LogP contribution in [0.5, 0.6) is 0 Å². The molecule has 4 rings (SSSR count). The zero-order valence-corrected chi connectivity index (χ0v) is 16.5. The van der Waals surface area contributed by atoms with Crippen LogP contribution in [0, 0.1) is 19.3 Å². The predicted octanol–water partition coefficient (Wildman–Crippen LogP) is 4.74. The third-order valence-corrected chi connectivity index (χ3v) is 5.71. The molecule has 1 aromatic carbocycles. The number of aromatic carboxylic acids is 1. The molecule has 1 atom stereocenters. The molecule has 1 aromatic heterocycles. The van der Waals surface area contributed by atoms with Crippen LogP contribution in [-0.4, -0.2) is 34.1 Å². The Morgan fingerprint density at radius 3 is 2.63 bits per heavy atom. The minimum atomic E-state index is -4.37. The smallest absolute Gasteiger partial charge is 0.399 e. The number of hydrogen-bond acceptors (Lipinski definition) is 5. The molecule has 158 valence electrons. The number of benzene rings is 1. The molecule has 6 nitrogen and oxygen atoms in total. The van der Waals surface area contributed by atoms with E-state index in [0.29, 0.717) is 5.69 Å². The van der Waals surface area contributed by atoms with Crippen molar-refractivity contribution >= 4 is 23.2 Å². The number of anilines is 2. The van der Waals surface area contributed by atoms with Crippen molar-refractivity contribution < 1.29 is 23.1 Å². The summed E-state index contributed by atoms with van der Waals surface area (Å²) in [6, 6.07) is 8.56. The lowest BCUT2D eigenvalue weighted by atomic mass is 9.96. The number of nitrogens with one attached hydrogen (secondary N) is 1. The molecule has 0 saturated heterocycles. The van der Waals surface area contributed by atoms with E-state index in [1.807, 2.05) is 32.0 Å². The molecule has 2 aromatic rings. The number of aromatic nitrogens is 1. The summed E-state index contributed by atoms with van der Waals surface area (Å²) in [6.07, 6.45) is -3.56. The molecule has 9 heteroatoms. The zero-order valence-electron chi connectivity index (χ0n) is 16.5. The molecule has 2 aliphatic rings. The average Bonchev–Trinajstić information content (AvgIpc) is 3.41. The van der Waals surface area contributed by atoms with E-state index < -0.39 is 23.7 Å². The Bertz CT molecular complexity index is 1030. The fraction of sp³-hybridized carbons (Fsp3) is 0.381. The van der Waals surface area contributed by atoms with Gasteiger partial charge < -0.3 is 10.4 Å². The number of rotatable bonds is 5. The Morgan fingerprint density at radius 2 is 2.00 bits per heavy atom. The largest absolute Gasteiger partial charge is 0.478 e. The number of carbonyl (C=O) groups is 1. The first kappa shape index (κ1) is 20.2. The van der Waals surface area contributed by atoms with Crippen molar-refractivity contribution in [2.24, 2.45) is 10.5 Å². The van der Waals surface area contributed by atoms with Crippen LogP contribution in [0.15, 0.2) is 41.6 Å². The molecule has 2 N–H and O–H groups in total. The summed E-state index contributed by atoms with van der Waals surface area (Å²) in [5, 5.41) is 18.4. The lowest BCUT2D eigenvalue weighted by Gasteiger charge is -2.27. The lowest BCUT2D eigenvalue weighted by Crippen LogP contribution is -2.36. The van der Waals surface area contributed by atoms with Crippen molar-refractivity contribution in [2.45, 2.75) is 45.5 Å². The van der Waals surface area contributed by atoms with Crippen molar-refractivity contribution in [3.63, 3.8) is 0 Å². The summed E-state index contributed by atoms with van der Waals surface area (Å²) < 4.78 is 41.2. The van der Waals surface area contributed by atoms with Crippen LogP contribution in [-0.2, 0) is 0 Å². The van der Waals surface area contributed by atoms with Gasteiger partial charge in [-0.25, -0.2) is 14.8 Å². The Morgan fingerprint density at radius 1 is 1.27 bits per heavy atom. The standard InChI is InChI=1S/C21H21F3N4O2/c1-12-5-6-13(2)15(10-12)28-17(26-18-14(19(29)30)4-3-9-25-18)11-16(27-28)20(7-8-20)21(22,23)24/h3-6,9-10,17H,7-8,11H2,1-2H3,(H,25,26)(H,29,30). The summed E-state index contributed by atoms with van der Waals surface area (Å²) in [5.41, 5.74) is 0.602. The molecule has 2 heterocycles. The fourth-order valence-corrected chi connectivity index (χ4v) is 3.81. The molecule has 0 amide bonds. The van der Waals surface area contributed by atoms with Crippen molar-refractivity contribution in [1.29, 1.82) is 0 Å². The van der Waals surface area contributed by atoms with E-state index in [9.17, 15) is 23.1 Å². The third-order valence-electron chi connectivity index (χ3n) is 5.71. The summed E-state index contributed by atoms with van der Waals surface area (Å²) in [5.74, 6) is -1.07. The van der Waals surface area contributed by atoms with E-state index in [0.717, 1.165) is 11.1 Å². The quantitative estimate of drug-likeness (QED) is 0.733. The Kier molecular flexibility index (Phi) is 4.71. The van der Waals surface area contributed by atoms with Crippen LogP contribution in [0.25, 0.3) is 0 Å². The Balaban J connectivity index is 1.74. The van der Waals surface area contributed by atoms with E-state index in [1.165, 1.54) is 23.3 Å². The summed E-state index contributed by atoms with van der Waals surface area (Å²) in [7, 11) is 0. The number of pyridine rings is 1. The monoisotopic (exact) mass is 418 g/mol. The first-order valence-corrected chi connectivity index (χ1v) is 9.58. The Labute approximate surface area is 171 Å². The van der Waals surface area contributed by atoms with Gasteiger partial charge in [0.05, 0.1) is 11.4 Å². The summed E-state index contributed by atoms with van der Waals surface area (Å²) in [4.78, 5) is 15.6. The van der Waals surface area contributed by atoms with Gasteiger partial charge in [-0.15, -0.1) is 0 Å². The number of aryl methyl sites for hydroxylation is 2. The maximum absolute atomic E-state index is 13.7. The van der Waals surface area contributed by atoms with Gasteiger partial charge in [0.2, 0.25) is 0 Å². The average molecular weight is 418 g/mol. The van der Waals surface area contributed by atoms with E-state index in [-0.39, 0.29) is 36.4 Å². The highest BCUT2D eigenvalue weighted by Gasteiger charge is 2.67. The van der Waals surface area contributed by atoms with Gasteiger partial charge in [-0.1, -0.05) is 12.1 Å². The minimum absolute atomic E-state index is 0.0164. The first-order chi connectivity index (χ1) is 14.1. The summed E-state index contributed by atoms with van der Waals surface area (Å²) in [6.45, 7) is 3.75. The Hall–Kier alpha value is -3.10. The molecule has 0 radical (unpaired) electrons. The fourth-order valence-electron chi connectivity index (χ4n) is 3.81. The van der Waals surface area contributed by atoms with Crippen molar-refractivity contribution in [3.8, 4) is 0 Å². The highest BCUT2D eigenvalue weighted by atomic mass is 19.4. The van der Waals surface area contributed by atoms with Crippen LogP contribution < -0.4 is 10.3 Å². The molecule has 1 unspecified atom stereocenters. The van der Waals surface area contributed by atoms with E-state index in [4.69, 9.17) is 0 Å². The van der Waals surface area contributed by atoms with Crippen molar-refractivity contribution in [3.05, 3.63) is 53.2 Å². The molecule has 1 fully saturated rings. The normalized spacial score (nSPS) is 20.1. The number of hydrogen-bond donors (Lipinski definition) is 2. The van der Waals surface area contributed by atoms with E-state index in [2.05, 4.69) is 15.4 Å². The van der Waals surface area contributed by atoms with Gasteiger partial charge in [-0.3, -0.25) is 0 Å². The minimum Gasteiger partial charge on any atom is -0.478 e. The van der Waals surface area contributed by atoms with Gasteiger partial charge >= 0.3 is 12.1 Å². The SMILES string of the molecule is Cc1ccc(C)c(N2N=C(C3(C(F)(F)F)CC3)CC2Nc2ncccc2C(=O)O)c1. The molecule has 0 bridgehead atoms. The lowest BCUT2D eigenvalue weighted by molar-refractivity contribution is -0.165. The van der Waals surface area contributed by atoms with Crippen molar-refractivity contribution in [1.82, 2.24) is 4.98 Å². The molecule has 1 aliphatic carbocycles. The maximum Gasteiger partial charge on any atom is 0.399 e. The van der Waals surface area contributed by atoms with Gasteiger partial charge in [0, 0.05) is 12.6 Å². The second kappa shape index (κ2) is 7.00. The van der Waals surface area contributed by atoms with Crippen LogP contribution in [0.4, 0.5) is 24.7 Å². The molecule has 1 aliphatic heterocycles. The number of alkyl halides is 3. The second-order valence-corrected chi connectivity index (χ2v) is 7.83. The van der Waals surface area contributed by atoms with Gasteiger partial charge in [0.25, 0.3) is 0 Å². The maximum atomic E-state index is 13.7. The number of hydrazone groups is 1.